The second-order valence-electron chi connectivity index (χ2n) is 6.81. The Balaban J connectivity index is 1.64. The average molecular weight is 388 g/mol. The molecule has 0 saturated carbocycles. The summed E-state index contributed by atoms with van der Waals surface area (Å²) in [6.45, 7) is 0.300. The van der Waals surface area contributed by atoms with Crippen molar-refractivity contribution >= 4 is 15.9 Å². The number of carbonyl (C=O) groups is 1. The summed E-state index contributed by atoms with van der Waals surface area (Å²) >= 11 is 0. The van der Waals surface area contributed by atoms with Gasteiger partial charge in [0.2, 0.25) is 10.0 Å². The van der Waals surface area contributed by atoms with Crippen molar-refractivity contribution in [2.75, 3.05) is 7.05 Å². The van der Waals surface area contributed by atoms with Gasteiger partial charge in [0, 0.05) is 6.54 Å². The number of amides is 1. The van der Waals surface area contributed by atoms with Crippen LogP contribution in [-0.4, -0.2) is 26.5 Å². The second kappa shape index (κ2) is 8.10. The number of nitrogens with one attached hydrogen (secondary N) is 2. The van der Waals surface area contributed by atoms with Crippen LogP contribution in [0.5, 0.6) is 5.75 Å². The van der Waals surface area contributed by atoms with E-state index in [4.69, 9.17) is 0 Å². The smallest absolute Gasteiger partial charge is 0.255 e. The lowest BCUT2D eigenvalue weighted by Gasteiger charge is -2.17. The minimum atomic E-state index is -3.31. The summed E-state index contributed by atoms with van der Waals surface area (Å²) in [6, 6.07) is 10.5. The largest absolute Gasteiger partial charge is 0.507 e. The summed E-state index contributed by atoms with van der Waals surface area (Å²) in [5.41, 5.74) is 4.09. The van der Waals surface area contributed by atoms with E-state index in [0.717, 1.165) is 42.4 Å². The molecular formula is C20H24N2O4S. The fourth-order valence-electron chi connectivity index (χ4n) is 3.28. The first-order chi connectivity index (χ1) is 12.9. The van der Waals surface area contributed by atoms with E-state index >= 15 is 0 Å². The molecule has 27 heavy (non-hydrogen) atoms. The number of carbonyl (C=O) groups excluding carboxylic acids is 1. The van der Waals surface area contributed by atoms with Crippen LogP contribution >= 0.6 is 0 Å². The van der Waals surface area contributed by atoms with Crippen molar-refractivity contribution in [3.63, 3.8) is 0 Å². The normalized spacial score (nSPS) is 13.8. The Morgan fingerprint density at radius 3 is 2.26 bits per heavy atom. The van der Waals surface area contributed by atoms with Crippen LogP contribution in [0.2, 0.25) is 0 Å². The minimum Gasteiger partial charge on any atom is -0.507 e. The fourth-order valence-corrected chi connectivity index (χ4v) is 4.05. The SMILES string of the molecule is CNS(=O)(=O)Cc1ccc(CNC(=O)c2cc3c(cc2O)CCCC3)cc1. The molecular weight excluding hydrogens is 364 g/mol. The zero-order valence-electron chi connectivity index (χ0n) is 15.3. The molecule has 0 aromatic heterocycles. The third-order valence-electron chi connectivity index (χ3n) is 4.85. The summed E-state index contributed by atoms with van der Waals surface area (Å²) in [5, 5.41) is 13.0. The minimum absolute atomic E-state index is 0.0146. The highest BCUT2D eigenvalue weighted by atomic mass is 32.2. The van der Waals surface area contributed by atoms with Gasteiger partial charge in [0.05, 0.1) is 11.3 Å². The van der Waals surface area contributed by atoms with Crippen LogP contribution in [0.3, 0.4) is 0 Å². The lowest BCUT2D eigenvalue weighted by molar-refractivity contribution is 0.0948. The van der Waals surface area contributed by atoms with Crippen molar-refractivity contribution in [1.82, 2.24) is 10.0 Å². The molecule has 0 saturated heterocycles. The molecule has 0 unspecified atom stereocenters. The third kappa shape index (κ3) is 4.87. The summed E-state index contributed by atoms with van der Waals surface area (Å²) in [7, 11) is -1.92. The van der Waals surface area contributed by atoms with E-state index in [9.17, 15) is 18.3 Å². The number of aromatic hydroxyl groups is 1. The predicted octanol–water partition coefficient (Wildman–Crippen LogP) is 2.25. The number of phenols is 1. The molecule has 0 spiro atoms. The van der Waals surface area contributed by atoms with Crippen molar-refractivity contribution in [2.45, 2.75) is 38.0 Å². The van der Waals surface area contributed by atoms with Gasteiger partial charge in [0.1, 0.15) is 5.75 Å². The van der Waals surface area contributed by atoms with E-state index < -0.39 is 10.0 Å². The third-order valence-corrected chi connectivity index (χ3v) is 6.18. The number of fused-ring (bicyclic) bond motifs is 1. The van der Waals surface area contributed by atoms with Gasteiger partial charge in [-0.05, 0) is 67.1 Å². The standard InChI is InChI=1S/C20H24N2O4S/c1-21-27(25,26)13-15-8-6-14(7-9-15)12-22-20(24)18-10-16-4-2-3-5-17(16)11-19(18)23/h6-11,21,23H,2-5,12-13H2,1H3,(H,22,24). The van der Waals surface area contributed by atoms with Gasteiger partial charge in [-0.2, -0.15) is 0 Å². The number of hydrogen-bond donors (Lipinski definition) is 3. The van der Waals surface area contributed by atoms with E-state index in [1.807, 2.05) is 0 Å². The van der Waals surface area contributed by atoms with E-state index in [-0.39, 0.29) is 17.4 Å². The van der Waals surface area contributed by atoms with Crippen molar-refractivity contribution < 1.29 is 18.3 Å². The number of aryl methyl sites for hydroxylation is 2. The van der Waals surface area contributed by atoms with Crippen molar-refractivity contribution in [3.05, 3.63) is 64.2 Å². The number of phenolic OH excluding ortho intramolecular Hbond substituents is 1. The van der Waals surface area contributed by atoms with E-state index in [1.54, 1.807) is 36.4 Å². The number of benzene rings is 2. The second-order valence-corrected chi connectivity index (χ2v) is 8.73. The van der Waals surface area contributed by atoms with Gasteiger partial charge in [0.15, 0.2) is 0 Å². The molecule has 3 N–H and O–H groups in total. The molecule has 7 heteroatoms. The summed E-state index contributed by atoms with van der Waals surface area (Å²) < 4.78 is 25.4. The first-order valence-electron chi connectivity index (χ1n) is 9.00. The van der Waals surface area contributed by atoms with Gasteiger partial charge in [-0.1, -0.05) is 24.3 Å². The highest BCUT2D eigenvalue weighted by molar-refractivity contribution is 7.88. The predicted molar refractivity (Wildman–Crippen MR) is 104 cm³/mol. The molecule has 2 aromatic rings. The lowest BCUT2D eigenvalue weighted by atomic mass is 9.90. The maximum absolute atomic E-state index is 12.5. The van der Waals surface area contributed by atoms with Gasteiger partial charge >= 0.3 is 0 Å². The maximum atomic E-state index is 12.5. The Morgan fingerprint density at radius 1 is 1.04 bits per heavy atom. The summed E-state index contributed by atoms with van der Waals surface area (Å²) in [6.07, 6.45) is 4.10. The van der Waals surface area contributed by atoms with Gasteiger partial charge in [0.25, 0.3) is 5.91 Å². The molecule has 2 aromatic carbocycles. The molecule has 1 aliphatic carbocycles. The Labute approximate surface area is 159 Å². The van der Waals surface area contributed by atoms with Gasteiger partial charge in [-0.25, -0.2) is 13.1 Å². The van der Waals surface area contributed by atoms with E-state index in [1.165, 1.54) is 7.05 Å². The average Bonchev–Trinajstić information content (AvgIpc) is 2.66. The molecule has 0 fully saturated rings. The van der Waals surface area contributed by atoms with E-state index in [0.29, 0.717) is 17.7 Å². The van der Waals surface area contributed by atoms with Crippen LogP contribution in [0.15, 0.2) is 36.4 Å². The Bertz CT molecular complexity index is 937. The zero-order valence-corrected chi connectivity index (χ0v) is 16.1. The molecule has 0 aliphatic heterocycles. The summed E-state index contributed by atoms with van der Waals surface area (Å²) in [5.74, 6) is -0.387. The van der Waals surface area contributed by atoms with Crippen molar-refractivity contribution in [2.24, 2.45) is 0 Å². The molecule has 0 atom stereocenters. The number of rotatable bonds is 6. The van der Waals surface area contributed by atoms with Crippen LogP contribution < -0.4 is 10.0 Å². The Morgan fingerprint density at radius 2 is 1.63 bits per heavy atom. The number of sulfonamides is 1. The molecule has 0 radical (unpaired) electrons. The fraction of sp³-hybridized carbons (Fsp3) is 0.350. The van der Waals surface area contributed by atoms with Gasteiger partial charge in [-0.3, -0.25) is 4.79 Å². The quantitative estimate of drug-likeness (QED) is 0.707. The van der Waals surface area contributed by atoms with Crippen LogP contribution in [0.1, 0.15) is 45.5 Å². The van der Waals surface area contributed by atoms with E-state index in [2.05, 4.69) is 10.0 Å². The summed E-state index contributed by atoms with van der Waals surface area (Å²) in [4.78, 5) is 12.5. The Kier molecular flexibility index (Phi) is 5.82. The van der Waals surface area contributed by atoms with Gasteiger partial charge < -0.3 is 10.4 Å². The van der Waals surface area contributed by atoms with Crippen LogP contribution in [0, 0.1) is 0 Å². The van der Waals surface area contributed by atoms with Crippen molar-refractivity contribution in [3.8, 4) is 5.75 Å². The zero-order chi connectivity index (χ0) is 19.4. The van der Waals surface area contributed by atoms with Crippen molar-refractivity contribution in [1.29, 1.82) is 0 Å². The molecule has 1 amide bonds. The number of hydrogen-bond acceptors (Lipinski definition) is 4. The molecule has 3 rings (SSSR count). The molecule has 1 aliphatic rings. The Hall–Kier alpha value is -2.38. The molecule has 144 valence electrons. The molecule has 0 heterocycles. The monoisotopic (exact) mass is 388 g/mol. The maximum Gasteiger partial charge on any atom is 0.255 e. The van der Waals surface area contributed by atoms with Crippen LogP contribution in [0.25, 0.3) is 0 Å². The highest BCUT2D eigenvalue weighted by Gasteiger charge is 2.17. The highest BCUT2D eigenvalue weighted by Crippen LogP contribution is 2.28. The van der Waals surface area contributed by atoms with Crippen LogP contribution in [0.4, 0.5) is 0 Å². The first kappa shape index (κ1) is 19.4. The van der Waals surface area contributed by atoms with Crippen LogP contribution in [-0.2, 0) is 35.2 Å². The topological polar surface area (TPSA) is 95.5 Å². The lowest BCUT2D eigenvalue weighted by Crippen LogP contribution is -2.23. The first-order valence-corrected chi connectivity index (χ1v) is 10.6. The molecule has 0 bridgehead atoms. The molecule has 6 nitrogen and oxygen atoms in total. The van der Waals surface area contributed by atoms with Gasteiger partial charge in [-0.15, -0.1) is 0 Å².